The highest BCUT2D eigenvalue weighted by molar-refractivity contribution is 5.78. The fourth-order valence-electron chi connectivity index (χ4n) is 5.06. The Bertz CT molecular complexity index is 1360. The first-order valence-corrected chi connectivity index (χ1v) is 13.3. The van der Waals surface area contributed by atoms with Crippen molar-refractivity contribution in [3.8, 4) is 11.1 Å². The molecule has 8 heteroatoms. The van der Waals surface area contributed by atoms with Gasteiger partial charge in [-0.15, -0.1) is 0 Å². The Morgan fingerprint density at radius 2 is 1.63 bits per heavy atom. The minimum absolute atomic E-state index is 0.0115. The first kappa shape index (κ1) is 25.6. The van der Waals surface area contributed by atoms with Gasteiger partial charge in [-0.3, -0.25) is 14.5 Å². The van der Waals surface area contributed by atoms with Crippen LogP contribution >= 0.6 is 0 Å². The Hall–Kier alpha value is -4.04. The van der Waals surface area contributed by atoms with Gasteiger partial charge >= 0.3 is 0 Å². The predicted octanol–water partition coefficient (Wildman–Crippen LogP) is 3.79. The molecule has 2 aromatic carbocycles. The summed E-state index contributed by atoms with van der Waals surface area (Å²) in [5.41, 5.74) is 5.04. The molecule has 1 fully saturated rings. The molecule has 2 aromatic heterocycles. The third-order valence-corrected chi connectivity index (χ3v) is 7.05. The van der Waals surface area contributed by atoms with Crippen LogP contribution < -0.4 is 10.6 Å². The van der Waals surface area contributed by atoms with Crippen LogP contribution in [0.1, 0.15) is 42.7 Å². The Kier molecular flexibility index (Phi) is 8.40. The van der Waals surface area contributed by atoms with Crippen LogP contribution in [0.25, 0.3) is 16.8 Å². The summed E-state index contributed by atoms with van der Waals surface area (Å²) in [5, 5.41) is 10.7. The molecule has 2 amide bonds. The lowest BCUT2D eigenvalue weighted by Crippen LogP contribution is -2.39. The predicted molar refractivity (Wildman–Crippen MR) is 147 cm³/mol. The normalized spacial score (nSPS) is 18.5. The Labute approximate surface area is 223 Å². The third kappa shape index (κ3) is 6.63. The van der Waals surface area contributed by atoms with Gasteiger partial charge in [-0.25, -0.2) is 9.50 Å². The molecule has 1 aliphatic heterocycles. The molecule has 0 saturated carbocycles. The van der Waals surface area contributed by atoms with Crippen LogP contribution in [-0.4, -0.2) is 57.5 Å². The van der Waals surface area contributed by atoms with Crippen LogP contribution in [0.2, 0.25) is 0 Å². The molecule has 1 aliphatic rings. The maximum Gasteiger partial charge on any atom is 0.234 e. The van der Waals surface area contributed by atoms with Gasteiger partial charge in [0.2, 0.25) is 11.8 Å². The van der Waals surface area contributed by atoms with Crippen molar-refractivity contribution in [1.29, 1.82) is 0 Å². The molecular formula is C30H34N6O2. The van der Waals surface area contributed by atoms with Crippen LogP contribution in [0.15, 0.2) is 79.3 Å². The molecule has 0 spiro atoms. The van der Waals surface area contributed by atoms with Gasteiger partial charge in [0.1, 0.15) is 0 Å². The first-order chi connectivity index (χ1) is 18.7. The first-order valence-electron chi connectivity index (χ1n) is 13.3. The average molecular weight is 511 g/mol. The van der Waals surface area contributed by atoms with Crippen molar-refractivity contribution in [2.24, 2.45) is 0 Å². The number of amides is 2. The SMILES string of the molecule is O=C1CCC(c2ccccc2)CCNC(=O)CN(Cc2cnc3c(-c4ccccc4)cnn3c2)CCCN1. The van der Waals surface area contributed by atoms with Gasteiger partial charge in [0.15, 0.2) is 5.65 Å². The number of fused-ring (bicyclic) bond motifs is 1. The summed E-state index contributed by atoms with van der Waals surface area (Å²) in [5.74, 6) is 0.326. The fourth-order valence-corrected chi connectivity index (χ4v) is 5.06. The molecule has 0 bridgehead atoms. The van der Waals surface area contributed by atoms with E-state index in [9.17, 15) is 9.59 Å². The second-order valence-corrected chi connectivity index (χ2v) is 9.85. The average Bonchev–Trinajstić information content (AvgIpc) is 3.37. The fraction of sp³-hybridized carbons (Fsp3) is 0.333. The summed E-state index contributed by atoms with van der Waals surface area (Å²) in [6, 6.07) is 20.3. The summed E-state index contributed by atoms with van der Waals surface area (Å²) < 4.78 is 1.80. The topological polar surface area (TPSA) is 91.6 Å². The maximum absolute atomic E-state index is 12.9. The van der Waals surface area contributed by atoms with E-state index in [4.69, 9.17) is 4.98 Å². The number of carbonyl (C=O) groups is 2. The van der Waals surface area contributed by atoms with Crippen molar-refractivity contribution in [1.82, 2.24) is 30.1 Å². The van der Waals surface area contributed by atoms with E-state index in [0.717, 1.165) is 41.6 Å². The molecule has 8 nitrogen and oxygen atoms in total. The number of hydrogen-bond donors (Lipinski definition) is 2. The van der Waals surface area contributed by atoms with Crippen LogP contribution in [0.3, 0.4) is 0 Å². The van der Waals surface area contributed by atoms with Gasteiger partial charge in [-0.1, -0.05) is 60.7 Å². The monoisotopic (exact) mass is 510 g/mol. The number of nitrogens with zero attached hydrogens (tertiary/aromatic N) is 4. The standard InChI is InChI=1S/C30H34N6O2/c37-28-13-12-25(24-8-3-1-4-9-24)14-16-32-29(38)22-35(17-7-15-31-28)20-23-18-33-30-27(19-34-36(30)21-23)26-10-5-2-6-11-26/h1-6,8-11,18-19,21,25H,7,12-17,20,22H2,(H,31,37)(H,32,38). The highest BCUT2D eigenvalue weighted by atomic mass is 16.2. The van der Waals surface area contributed by atoms with Crippen LogP contribution in [0.5, 0.6) is 0 Å². The Balaban J connectivity index is 1.26. The molecule has 0 aliphatic carbocycles. The summed E-state index contributed by atoms with van der Waals surface area (Å²) >= 11 is 0. The molecule has 196 valence electrons. The van der Waals surface area contributed by atoms with E-state index in [-0.39, 0.29) is 24.3 Å². The molecule has 0 radical (unpaired) electrons. The number of benzene rings is 2. The molecule has 2 N–H and O–H groups in total. The zero-order valence-electron chi connectivity index (χ0n) is 21.6. The minimum Gasteiger partial charge on any atom is -0.356 e. The lowest BCUT2D eigenvalue weighted by molar-refractivity contribution is -0.123. The van der Waals surface area contributed by atoms with E-state index in [1.165, 1.54) is 5.56 Å². The quantitative estimate of drug-likeness (QED) is 0.436. The third-order valence-electron chi connectivity index (χ3n) is 7.05. The van der Waals surface area contributed by atoms with E-state index in [0.29, 0.717) is 32.6 Å². The van der Waals surface area contributed by atoms with Gasteiger partial charge in [0.05, 0.1) is 12.7 Å². The molecule has 1 saturated heterocycles. The molecule has 1 unspecified atom stereocenters. The van der Waals surface area contributed by atoms with Gasteiger partial charge in [-0.2, -0.15) is 5.10 Å². The van der Waals surface area contributed by atoms with Gasteiger partial charge in [0.25, 0.3) is 0 Å². The summed E-state index contributed by atoms with van der Waals surface area (Å²) in [6.45, 7) is 2.71. The number of rotatable bonds is 4. The van der Waals surface area contributed by atoms with Crippen LogP contribution in [0.4, 0.5) is 0 Å². The van der Waals surface area contributed by atoms with Gasteiger partial charge in [-0.05, 0) is 36.3 Å². The van der Waals surface area contributed by atoms with Crippen molar-refractivity contribution in [2.45, 2.75) is 38.1 Å². The summed E-state index contributed by atoms with van der Waals surface area (Å²) in [4.78, 5) is 32.1. The smallest absolute Gasteiger partial charge is 0.234 e. The van der Waals surface area contributed by atoms with Crippen molar-refractivity contribution in [3.63, 3.8) is 0 Å². The number of hydrogen-bond acceptors (Lipinski definition) is 5. The van der Waals surface area contributed by atoms with E-state index in [2.05, 4.69) is 32.8 Å². The van der Waals surface area contributed by atoms with Crippen molar-refractivity contribution in [3.05, 3.63) is 90.4 Å². The second kappa shape index (κ2) is 12.5. The number of aromatic nitrogens is 3. The molecule has 3 heterocycles. The molecular weight excluding hydrogens is 476 g/mol. The number of nitrogens with one attached hydrogen (secondary N) is 2. The second-order valence-electron chi connectivity index (χ2n) is 9.85. The highest BCUT2D eigenvalue weighted by Gasteiger charge is 2.17. The lowest BCUT2D eigenvalue weighted by atomic mass is 9.91. The maximum atomic E-state index is 12.9. The van der Waals surface area contributed by atoms with Crippen LogP contribution in [-0.2, 0) is 16.1 Å². The molecule has 4 aromatic rings. The van der Waals surface area contributed by atoms with E-state index in [1.807, 2.05) is 67.1 Å². The Morgan fingerprint density at radius 3 is 2.45 bits per heavy atom. The van der Waals surface area contributed by atoms with Gasteiger partial charge < -0.3 is 10.6 Å². The van der Waals surface area contributed by atoms with E-state index < -0.39 is 0 Å². The number of carbonyl (C=O) groups excluding carboxylic acids is 2. The summed E-state index contributed by atoms with van der Waals surface area (Å²) in [6.07, 6.45) is 8.49. The van der Waals surface area contributed by atoms with E-state index in [1.54, 1.807) is 4.52 Å². The van der Waals surface area contributed by atoms with Crippen molar-refractivity contribution in [2.75, 3.05) is 26.2 Å². The zero-order chi connectivity index (χ0) is 26.2. The van der Waals surface area contributed by atoms with Crippen molar-refractivity contribution < 1.29 is 9.59 Å². The largest absolute Gasteiger partial charge is 0.356 e. The van der Waals surface area contributed by atoms with E-state index >= 15 is 0 Å². The molecule has 38 heavy (non-hydrogen) atoms. The van der Waals surface area contributed by atoms with Crippen LogP contribution in [0, 0.1) is 0 Å². The Morgan fingerprint density at radius 1 is 0.868 bits per heavy atom. The van der Waals surface area contributed by atoms with Crippen molar-refractivity contribution >= 4 is 17.5 Å². The minimum atomic E-state index is 0.0115. The molecule has 1 atom stereocenters. The molecule has 5 rings (SSSR count). The lowest BCUT2D eigenvalue weighted by Gasteiger charge is -2.23. The zero-order valence-corrected chi connectivity index (χ0v) is 21.6. The highest BCUT2D eigenvalue weighted by Crippen LogP contribution is 2.25. The summed E-state index contributed by atoms with van der Waals surface area (Å²) in [7, 11) is 0. The van der Waals surface area contributed by atoms with Gasteiger partial charge in [0, 0.05) is 56.1 Å².